The Kier molecular flexibility index (Phi) is 9.68. The molecular weight excluding hydrogens is 508 g/mol. The zero-order valence-corrected chi connectivity index (χ0v) is 20.5. The lowest BCUT2D eigenvalue weighted by molar-refractivity contribution is -0.306. The quantitative estimate of drug-likeness (QED) is 0.120. The van der Waals surface area contributed by atoms with E-state index in [-0.39, 0.29) is 23.7 Å². The Balaban J connectivity index is 1.56. The van der Waals surface area contributed by atoms with E-state index < -0.39 is 78.5 Å². The number of aliphatic hydroxyl groups is 3. The number of phenols is 3. The van der Waals surface area contributed by atoms with E-state index in [1.165, 1.54) is 0 Å². The van der Waals surface area contributed by atoms with E-state index in [4.69, 9.17) is 19.3 Å². The van der Waals surface area contributed by atoms with Crippen molar-refractivity contribution in [3.8, 4) is 17.2 Å². The second-order valence-electron chi connectivity index (χ2n) is 9.45. The lowest BCUT2D eigenvalue weighted by atomic mass is 9.89. The van der Waals surface area contributed by atoms with Crippen LogP contribution in [-0.2, 0) is 23.8 Å². The predicted octanol–water partition coefficient (Wildman–Crippen LogP) is 0.189. The summed E-state index contributed by atoms with van der Waals surface area (Å²) in [4.78, 5) is 35.4. The number of aliphatic carboxylic acids is 1. The average molecular weight is 541 g/mol. The van der Waals surface area contributed by atoms with Gasteiger partial charge in [0.2, 0.25) is 0 Å². The number of allylic oxidation sites excluding steroid dienone is 1. The summed E-state index contributed by atoms with van der Waals surface area (Å²) in [5.41, 5.74) is -0.304. The molecule has 0 radical (unpaired) electrons. The van der Waals surface area contributed by atoms with E-state index in [0.717, 1.165) is 12.1 Å². The largest absolute Gasteiger partial charge is 0.504 e. The SMILES string of the molecule is C[C@@H](/C=C\CC1C(=O)CCC1CC(=O)O)O[C@@H]1O[C@H](COC(=O)c2cc(O)c(O)c(O)c2)[C@@H](O)[C@H](O)[C@H]1O. The summed E-state index contributed by atoms with van der Waals surface area (Å²) in [7, 11) is 0. The van der Waals surface area contributed by atoms with Crippen molar-refractivity contribution in [1.82, 2.24) is 0 Å². The van der Waals surface area contributed by atoms with Crippen LogP contribution < -0.4 is 0 Å². The van der Waals surface area contributed by atoms with Crippen molar-refractivity contribution in [2.24, 2.45) is 11.8 Å². The number of hydrogen-bond acceptors (Lipinski definition) is 12. The molecule has 1 aromatic rings. The maximum atomic E-state index is 12.3. The van der Waals surface area contributed by atoms with Crippen LogP contribution in [0, 0.1) is 11.8 Å². The van der Waals surface area contributed by atoms with Gasteiger partial charge in [-0.3, -0.25) is 9.59 Å². The molecule has 2 unspecified atom stereocenters. The Morgan fingerprint density at radius 1 is 1.11 bits per heavy atom. The third kappa shape index (κ3) is 6.99. The van der Waals surface area contributed by atoms with Crippen LogP contribution in [0.2, 0.25) is 0 Å². The molecule has 0 amide bonds. The summed E-state index contributed by atoms with van der Waals surface area (Å²) in [6.07, 6.45) is -4.05. The van der Waals surface area contributed by atoms with Crippen LogP contribution in [0.4, 0.5) is 0 Å². The van der Waals surface area contributed by atoms with Crippen molar-refractivity contribution in [3.63, 3.8) is 0 Å². The fourth-order valence-corrected chi connectivity index (χ4v) is 4.57. The first-order chi connectivity index (χ1) is 17.9. The van der Waals surface area contributed by atoms with Gasteiger partial charge in [0.05, 0.1) is 11.7 Å². The van der Waals surface area contributed by atoms with E-state index >= 15 is 0 Å². The summed E-state index contributed by atoms with van der Waals surface area (Å²) < 4.78 is 16.2. The monoisotopic (exact) mass is 540 g/mol. The molecule has 13 heteroatoms. The van der Waals surface area contributed by atoms with Gasteiger partial charge in [0.25, 0.3) is 0 Å². The number of ketones is 1. The minimum atomic E-state index is -1.71. The van der Waals surface area contributed by atoms with Gasteiger partial charge in [0.15, 0.2) is 23.5 Å². The van der Waals surface area contributed by atoms with Crippen molar-refractivity contribution in [1.29, 1.82) is 0 Å². The Morgan fingerprint density at radius 2 is 1.76 bits per heavy atom. The van der Waals surface area contributed by atoms with Gasteiger partial charge >= 0.3 is 11.9 Å². The lowest BCUT2D eigenvalue weighted by Crippen LogP contribution is -2.59. The molecular formula is C25H32O13. The highest BCUT2D eigenvalue weighted by molar-refractivity contribution is 5.91. The molecule has 38 heavy (non-hydrogen) atoms. The number of Topliss-reactive ketones (excluding diaryl/α,β-unsaturated/α-hetero) is 1. The lowest BCUT2D eigenvalue weighted by Gasteiger charge is -2.40. The normalized spacial score (nSPS) is 30.4. The highest BCUT2D eigenvalue weighted by atomic mass is 16.7. The number of carbonyl (C=O) groups is 3. The first-order valence-corrected chi connectivity index (χ1v) is 12.1. The summed E-state index contributed by atoms with van der Waals surface area (Å²) in [6, 6.07) is 1.72. The predicted molar refractivity (Wildman–Crippen MR) is 126 cm³/mol. The van der Waals surface area contributed by atoms with Crippen LogP contribution in [0.25, 0.3) is 0 Å². The van der Waals surface area contributed by atoms with Gasteiger partial charge in [0, 0.05) is 18.8 Å². The van der Waals surface area contributed by atoms with Gasteiger partial charge in [-0.15, -0.1) is 0 Å². The van der Waals surface area contributed by atoms with Crippen molar-refractivity contribution in [2.45, 2.75) is 69.4 Å². The van der Waals surface area contributed by atoms with E-state index in [2.05, 4.69) is 0 Å². The van der Waals surface area contributed by atoms with Crippen LogP contribution >= 0.6 is 0 Å². The van der Waals surface area contributed by atoms with Crippen molar-refractivity contribution in [3.05, 3.63) is 29.8 Å². The molecule has 0 spiro atoms. The van der Waals surface area contributed by atoms with Crippen LogP contribution in [0.1, 0.15) is 43.0 Å². The molecule has 210 valence electrons. The number of benzene rings is 1. The Bertz CT molecular complexity index is 1030. The second-order valence-corrected chi connectivity index (χ2v) is 9.45. The van der Waals surface area contributed by atoms with Gasteiger partial charge in [-0.2, -0.15) is 0 Å². The summed E-state index contributed by atoms with van der Waals surface area (Å²) in [6.45, 7) is 1.01. The van der Waals surface area contributed by atoms with Gasteiger partial charge < -0.3 is 50.0 Å². The highest BCUT2D eigenvalue weighted by Crippen LogP contribution is 2.36. The zero-order chi connectivity index (χ0) is 28.1. The number of hydrogen-bond donors (Lipinski definition) is 7. The molecule has 2 fully saturated rings. The maximum absolute atomic E-state index is 12.3. The average Bonchev–Trinajstić information content (AvgIpc) is 3.19. The zero-order valence-electron chi connectivity index (χ0n) is 20.5. The fourth-order valence-electron chi connectivity index (χ4n) is 4.57. The van der Waals surface area contributed by atoms with Crippen LogP contribution in [0.5, 0.6) is 17.2 Å². The maximum Gasteiger partial charge on any atom is 0.338 e. The van der Waals surface area contributed by atoms with Crippen molar-refractivity contribution < 1.29 is 64.3 Å². The van der Waals surface area contributed by atoms with Crippen LogP contribution in [-0.4, -0.2) is 96.9 Å². The van der Waals surface area contributed by atoms with E-state index in [0.29, 0.717) is 19.3 Å². The molecule has 0 aromatic heterocycles. The number of rotatable bonds is 10. The van der Waals surface area contributed by atoms with Gasteiger partial charge in [0.1, 0.15) is 36.8 Å². The second kappa shape index (κ2) is 12.5. The molecule has 0 bridgehead atoms. The Morgan fingerprint density at radius 3 is 2.39 bits per heavy atom. The molecule has 1 aromatic carbocycles. The number of ether oxygens (including phenoxy) is 3. The molecule has 1 heterocycles. The third-order valence-corrected chi connectivity index (χ3v) is 6.68. The summed E-state index contributed by atoms with van der Waals surface area (Å²) in [5, 5.41) is 68.3. The summed E-state index contributed by atoms with van der Waals surface area (Å²) in [5.74, 6) is -4.96. The first-order valence-electron chi connectivity index (χ1n) is 12.1. The van der Waals surface area contributed by atoms with E-state index in [9.17, 15) is 45.0 Å². The number of carboxylic acids is 1. The molecule has 1 aliphatic heterocycles. The number of aromatic hydroxyl groups is 3. The molecule has 2 aliphatic rings. The molecule has 1 saturated carbocycles. The van der Waals surface area contributed by atoms with Crippen molar-refractivity contribution >= 4 is 17.7 Å². The third-order valence-electron chi connectivity index (χ3n) is 6.68. The van der Waals surface area contributed by atoms with E-state index in [1.54, 1.807) is 19.1 Å². The number of carboxylic acid groups (broad SMARTS) is 1. The Hall–Kier alpha value is -3.23. The molecule has 8 atom stereocenters. The number of aliphatic hydroxyl groups excluding tert-OH is 3. The smallest absolute Gasteiger partial charge is 0.338 e. The molecule has 13 nitrogen and oxygen atoms in total. The van der Waals surface area contributed by atoms with Crippen LogP contribution in [0.15, 0.2) is 24.3 Å². The summed E-state index contributed by atoms with van der Waals surface area (Å²) >= 11 is 0. The number of phenolic OH excluding ortho intramolecular Hbond substituents is 3. The number of esters is 1. The minimum Gasteiger partial charge on any atom is -0.504 e. The standard InChI is InChI=1S/C25H32O13/c1-11(3-2-4-14-12(9-19(29)30)5-6-15(14)26)37-25-23(34)22(33)21(32)18(38-25)10-36-24(35)13-7-16(27)20(31)17(28)8-13/h2-3,7-8,11-12,14,18,21-23,25,27-28,31-34H,4-6,9-10H2,1H3,(H,29,30)/b3-2-/t11-,12?,14?,18+,21+,22-,23+,25+/m0/s1. The van der Waals surface area contributed by atoms with E-state index in [1.807, 2.05) is 0 Å². The molecule has 3 rings (SSSR count). The number of carbonyl (C=O) groups excluding carboxylic acids is 2. The molecule has 1 aliphatic carbocycles. The molecule has 7 N–H and O–H groups in total. The van der Waals surface area contributed by atoms with Crippen LogP contribution in [0.3, 0.4) is 0 Å². The van der Waals surface area contributed by atoms with Gasteiger partial charge in [-0.05, 0) is 37.8 Å². The minimum absolute atomic E-state index is 0.00716. The fraction of sp³-hybridized carbons (Fsp3) is 0.560. The molecule has 1 saturated heterocycles. The Labute approximate surface area is 217 Å². The highest BCUT2D eigenvalue weighted by Gasteiger charge is 2.45. The van der Waals surface area contributed by atoms with Gasteiger partial charge in [-0.25, -0.2) is 4.79 Å². The van der Waals surface area contributed by atoms with Gasteiger partial charge in [-0.1, -0.05) is 12.2 Å². The topological polar surface area (TPSA) is 221 Å². The van der Waals surface area contributed by atoms with Crippen molar-refractivity contribution in [2.75, 3.05) is 6.61 Å². The first kappa shape index (κ1) is 29.3.